The molecule has 0 unspecified atom stereocenters. The first kappa shape index (κ1) is 18.7. The largest absolute Gasteiger partial charge is 0.467 e. The molecule has 0 aliphatic carbocycles. The van der Waals surface area contributed by atoms with E-state index in [-0.39, 0.29) is 18.1 Å². The van der Waals surface area contributed by atoms with Crippen molar-refractivity contribution in [3.63, 3.8) is 0 Å². The Morgan fingerprint density at radius 2 is 2.00 bits per heavy atom. The topological polar surface area (TPSA) is 46.3 Å². The molecular formula is C21H17FN2O2S2. The third-order valence-electron chi connectivity index (χ3n) is 4.29. The number of carbonyl (C=O) groups is 1. The number of thioether (sulfide) groups is 1. The van der Waals surface area contributed by atoms with Gasteiger partial charge in [0.2, 0.25) is 5.91 Å². The molecule has 0 saturated heterocycles. The molecule has 0 radical (unpaired) electrons. The summed E-state index contributed by atoms with van der Waals surface area (Å²) >= 11 is 3.10. The van der Waals surface area contributed by atoms with Gasteiger partial charge >= 0.3 is 0 Å². The Hall–Kier alpha value is -2.64. The molecule has 142 valence electrons. The first-order chi connectivity index (χ1) is 13.6. The fourth-order valence-electron chi connectivity index (χ4n) is 2.88. The van der Waals surface area contributed by atoms with Crippen molar-refractivity contribution in [2.45, 2.75) is 17.9 Å². The van der Waals surface area contributed by atoms with Crippen molar-refractivity contribution in [1.82, 2.24) is 4.98 Å². The van der Waals surface area contributed by atoms with Crippen LogP contribution >= 0.6 is 23.1 Å². The summed E-state index contributed by atoms with van der Waals surface area (Å²) in [7, 11) is 0. The normalized spacial score (nSPS) is 11.1. The van der Waals surface area contributed by atoms with E-state index in [1.807, 2.05) is 30.5 Å². The predicted octanol–water partition coefficient (Wildman–Crippen LogP) is 5.53. The summed E-state index contributed by atoms with van der Waals surface area (Å²) in [5, 5.41) is 0.625. The van der Waals surface area contributed by atoms with Gasteiger partial charge in [0.05, 0.1) is 29.4 Å². The van der Waals surface area contributed by atoms with Crippen LogP contribution < -0.4 is 4.90 Å². The van der Waals surface area contributed by atoms with Gasteiger partial charge in [-0.15, -0.1) is 11.8 Å². The first-order valence-electron chi connectivity index (χ1n) is 8.65. The SMILES string of the molecule is CSc1cccc2sc(N(Cc3ccco3)C(=O)Cc3ccc(F)cc3)nc12. The van der Waals surface area contributed by atoms with Crippen molar-refractivity contribution in [3.8, 4) is 0 Å². The van der Waals surface area contributed by atoms with Gasteiger partial charge in [0, 0.05) is 4.90 Å². The number of hydrogen-bond donors (Lipinski definition) is 0. The number of carbonyl (C=O) groups excluding carboxylic acids is 1. The maximum absolute atomic E-state index is 13.2. The summed E-state index contributed by atoms with van der Waals surface area (Å²) in [5.74, 6) is 0.240. The van der Waals surface area contributed by atoms with Crippen LogP contribution in [-0.2, 0) is 17.8 Å². The van der Waals surface area contributed by atoms with Gasteiger partial charge in [-0.2, -0.15) is 0 Å². The molecule has 2 aromatic heterocycles. The summed E-state index contributed by atoms with van der Waals surface area (Å²) in [5.41, 5.74) is 1.65. The average molecular weight is 413 g/mol. The molecule has 0 aliphatic heterocycles. The predicted molar refractivity (Wildman–Crippen MR) is 111 cm³/mol. The van der Waals surface area contributed by atoms with Gasteiger partial charge in [-0.25, -0.2) is 9.37 Å². The number of amides is 1. The van der Waals surface area contributed by atoms with Gasteiger partial charge in [-0.1, -0.05) is 29.5 Å². The second-order valence-corrected chi connectivity index (χ2v) is 8.02. The quantitative estimate of drug-likeness (QED) is 0.391. The van der Waals surface area contributed by atoms with E-state index >= 15 is 0 Å². The Labute approximate surface area is 170 Å². The number of anilines is 1. The van der Waals surface area contributed by atoms with E-state index in [0.717, 1.165) is 20.7 Å². The van der Waals surface area contributed by atoms with Gasteiger partial charge in [-0.05, 0) is 48.2 Å². The van der Waals surface area contributed by atoms with E-state index in [0.29, 0.717) is 17.4 Å². The van der Waals surface area contributed by atoms with E-state index in [1.54, 1.807) is 41.1 Å². The standard InChI is InChI=1S/C21H17FN2O2S2/c1-27-17-5-2-6-18-20(17)23-21(28-18)24(13-16-4-3-11-26-16)19(25)12-14-7-9-15(22)10-8-14/h2-11H,12-13H2,1H3. The number of hydrogen-bond acceptors (Lipinski definition) is 5. The van der Waals surface area contributed by atoms with Gasteiger partial charge in [-0.3, -0.25) is 9.69 Å². The van der Waals surface area contributed by atoms with Crippen LogP contribution in [-0.4, -0.2) is 17.1 Å². The zero-order chi connectivity index (χ0) is 19.5. The molecule has 4 aromatic rings. The summed E-state index contributed by atoms with van der Waals surface area (Å²) < 4.78 is 19.6. The number of rotatable bonds is 6. The molecule has 0 spiro atoms. The molecule has 4 nitrogen and oxygen atoms in total. The van der Waals surface area contributed by atoms with E-state index in [2.05, 4.69) is 0 Å². The third-order valence-corrected chi connectivity index (χ3v) is 6.10. The van der Waals surface area contributed by atoms with Crippen LogP contribution in [0.3, 0.4) is 0 Å². The Morgan fingerprint density at radius 1 is 1.18 bits per heavy atom. The third kappa shape index (κ3) is 3.95. The zero-order valence-electron chi connectivity index (χ0n) is 15.1. The second kappa shape index (κ2) is 8.16. The van der Waals surface area contributed by atoms with E-state index in [9.17, 15) is 9.18 Å². The molecule has 28 heavy (non-hydrogen) atoms. The molecule has 2 heterocycles. The molecule has 0 N–H and O–H groups in total. The van der Waals surface area contributed by atoms with Crippen LogP contribution in [0, 0.1) is 5.82 Å². The lowest BCUT2D eigenvalue weighted by Gasteiger charge is -2.18. The van der Waals surface area contributed by atoms with Gasteiger partial charge in [0.25, 0.3) is 0 Å². The number of fused-ring (bicyclic) bond motifs is 1. The highest BCUT2D eigenvalue weighted by Crippen LogP contribution is 2.35. The maximum Gasteiger partial charge on any atom is 0.233 e. The van der Waals surface area contributed by atoms with Crippen molar-refractivity contribution in [3.05, 3.63) is 78.0 Å². The van der Waals surface area contributed by atoms with Crippen LogP contribution in [0.5, 0.6) is 0 Å². The second-order valence-electron chi connectivity index (χ2n) is 6.17. The van der Waals surface area contributed by atoms with Crippen molar-refractivity contribution in [2.24, 2.45) is 0 Å². The summed E-state index contributed by atoms with van der Waals surface area (Å²) in [4.78, 5) is 20.6. The van der Waals surface area contributed by atoms with Crippen LogP contribution in [0.2, 0.25) is 0 Å². The van der Waals surface area contributed by atoms with Crippen molar-refractivity contribution in [2.75, 3.05) is 11.2 Å². The molecule has 0 fully saturated rings. The van der Waals surface area contributed by atoms with Crippen LogP contribution in [0.4, 0.5) is 9.52 Å². The molecule has 4 rings (SSSR count). The maximum atomic E-state index is 13.2. The van der Waals surface area contributed by atoms with Gasteiger partial charge in [0.1, 0.15) is 11.6 Å². The summed E-state index contributed by atoms with van der Waals surface area (Å²) in [6.45, 7) is 0.293. The summed E-state index contributed by atoms with van der Waals surface area (Å²) in [6, 6.07) is 15.6. The minimum absolute atomic E-state index is 0.118. The number of thiazole rings is 1. The number of halogens is 1. The first-order valence-corrected chi connectivity index (χ1v) is 10.7. The number of para-hydroxylation sites is 1. The molecule has 0 saturated carbocycles. The van der Waals surface area contributed by atoms with Crippen molar-refractivity contribution >= 4 is 44.4 Å². The Kier molecular flexibility index (Phi) is 5.45. The van der Waals surface area contributed by atoms with Crippen LogP contribution in [0.1, 0.15) is 11.3 Å². The number of furan rings is 1. The molecule has 0 atom stereocenters. The number of aromatic nitrogens is 1. The molecule has 1 amide bonds. The Balaban J connectivity index is 1.68. The van der Waals surface area contributed by atoms with Gasteiger partial charge < -0.3 is 4.42 Å². The fourth-order valence-corrected chi connectivity index (χ4v) is 4.52. The average Bonchev–Trinajstić information content (AvgIpc) is 3.36. The lowest BCUT2D eigenvalue weighted by molar-refractivity contribution is -0.118. The van der Waals surface area contributed by atoms with Crippen LogP contribution in [0.25, 0.3) is 10.2 Å². The number of benzene rings is 2. The highest BCUT2D eigenvalue weighted by atomic mass is 32.2. The van der Waals surface area contributed by atoms with Crippen molar-refractivity contribution < 1.29 is 13.6 Å². The lowest BCUT2D eigenvalue weighted by atomic mass is 10.1. The minimum atomic E-state index is -0.320. The van der Waals surface area contributed by atoms with E-state index in [1.165, 1.54) is 23.5 Å². The smallest absolute Gasteiger partial charge is 0.233 e. The fraction of sp³-hybridized carbons (Fsp3) is 0.143. The monoisotopic (exact) mass is 412 g/mol. The molecule has 0 aliphatic rings. The van der Waals surface area contributed by atoms with Crippen molar-refractivity contribution in [1.29, 1.82) is 0 Å². The molecule has 2 aromatic carbocycles. The lowest BCUT2D eigenvalue weighted by Crippen LogP contribution is -2.31. The highest BCUT2D eigenvalue weighted by Gasteiger charge is 2.22. The van der Waals surface area contributed by atoms with Crippen LogP contribution in [0.15, 0.2) is 70.2 Å². The zero-order valence-corrected chi connectivity index (χ0v) is 16.7. The van der Waals surface area contributed by atoms with E-state index in [4.69, 9.17) is 9.40 Å². The van der Waals surface area contributed by atoms with E-state index < -0.39 is 0 Å². The molecule has 0 bridgehead atoms. The highest BCUT2D eigenvalue weighted by molar-refractivity contribution is 7.98. The Morgan fingerprint density at radius 3 is 2.71 bits per heavy atom. The Bertz CT molecular complexity index is 1090. The van der Waals surface area contributed by atoms with Gasteiger partial charge in [0.15, 0.2) is 5.13 Å². The summed E-state index contributed by atoms with van der Waals surface area (Å²) in [6.07, 6.45) is 3.75. The molecule has 7 heteroatoms. The number of nitrogens with zero attached hydrogens (tertiary/aromatic N) is 2. The molecular weight excluding hydrogens is 395 g/mol. The minimum Gasteiger partial charge on any atom is -0.467 e.